The lowest BCUT2D eigenvalue weighted by Crippen LogP contribution is -2.38. The van der Waals surface area contributed by atoms with Gasteiger partial charge in [-0.3, -0.25) is 14.2 Å². The van der Waals surface area contributed by atoms with Crippen molar-refractivity contribution in [3.05, 3.63) is 35.4 Å². The maximum atomic E-state index is 13.1. The Morgan fingerprint density at radius 2 is 2.09 bits per heavy atom. The van der Waals surface area contributed by atoms with Crippen LogP contribution >= 0.6 is 0 Å². The highest BCUT2D eigenvalue weighted by atomic mass is 16.2. The molecule has 0 bridgehead atoms. The molecule has 0 N–H and O–H groups in total. The molecule has 0 spiro atoms. The quantitative estimate of drug-likeness (QED) is 0.868. The van der Waals surface area contributed by atoms with Crippen molar-refractivity contribution in [1.29, 1.82) is 0 Å². The number of nitrogens with zero attached hydrogens (tertiary/aromatic N) is 5. The summed E-state index contributed by atoms with van der Waals surface area (Å²) in [5.74, 6) is 0.669. The number of likely N-dealkylation sites (tertiary alicyclic amines) is 1. The SMILES string of the molecule is Cc1cnn(CC2CCCN2C(=O)c2cnn(C)c2C2CC2)c1. The largest absolute Gasteiger partial charge is 0.334 e. The molecule has 1 aliphatic carbocycles. The van der Waals surface area contributed by atoms with Crippen LogP contribution in [0.4, 0.5) is 0 Å². The summed E-state index contributed by atoms with van der Waals surface area (Å²) in [6, 6.07) is 0.231. The van der Waals surface area contributed by atoms with Gasteiger partial charge in [-0.25, -0.2) is 0 Å². The normalized spacial score (nSPS) is 21.1. The number of hydrogen-bond acceptors (Lipinski definition) is 3. The summed E-state index contributed by atoms with van der Waals surface area (Å²) in [5, 5.41) is 8.70. The Bertz CT molecular complexity index is 727. The third kappa shape index (κ3) is 2.66. The van der Waals surface area contributed by atoms with Crippen LogP contribution in [-0.4, -0.2) is 43.0 Å². The first kappa shape index (κ1) is 14.5. The summed E-state index contributed by atoms with van der Waals surface area (Å²) in [5.41, 5.74) is 3.08. The molecule has 1 saturated carbocycles. The highest BCUT2D eigenvalue weighted by Crippen LogP contribution is 2.41. The van der Waals surface area contributed by atoms with E-state index in [1.807, 2.05) is 40.6 Å². The van der Waals surface area contributed by atoms with Crippen molar-refractivity contribution in [2.75, 3.05) is 6.54 Å². The van der Waals surface area contributed by atoms with Crippen LogP contribution in [-0.2, 0) is 13.6 Å². The van der Waals surface area contributed by atoms with E-state index in [2.05, 4.69) is 10.2 Å². The van der Waals surface area contributed by atoms with Crippen molar-refractivity contribution in [2.24, 2.45) is 7.05 Å². The summed E-state index contributed by atoms with van der Waals surface area (Å²) >= 11 is 0. The second-order valence-corrected chi connectivity index (χ2v) is 6.88. The fourth-order valence-electron chi connectivity index (χ4n) is 3.68. The zero-order valence-corrected chi connectivity index (χ0v) is 13.8. The molecule has 1 aliphatic heterocycles. The zero-order chi connectivity index (χ0) is 16.0. The van der Waals surface area contributed by atoms with Crippen molar-refractivity contribution in [3.63, 3.8) is 0 Å². The van der Waals surface area contributed by atoms with E-state index in [4.69, 9.17) is 0 Å². The predicted octanol–water partition coefficient (Wildman–Crippen LogP) is 2.11. The van der Waals surface area contributed by atoms with Gasteiger partial charge in [0, 0.05) is 25.7 Å². The molecule has 1 atom stereocenters. The molecule has 1 unspecified atom stereocenters. The van der Waals surface area contributed by atoms with Gasteiger partial charge in [0.05, 0.1) is 36.2 Å². The Labute approximate surface area is 136 Å². The molecule has 2 aromatic rings. The minimum absolute atomic E-state index is 0.145. The Morgan fingerprint density at radius 3 is 2.78 bits per heavy atom. The lowest BCUT2D eigenvalue weighted by Gasteiger charge is -2.25. The maximum absolute atomic E-state index is 13.1. The molecule has 122 valence electrons. The van der Waals surface area contributed by atoms with Crippen LogP contribution in [0.15, 0.2) is 18.6 Å². The van der Waals surface area contributed by atoms with Crippen LogP contribution in [0.25, 0.3) is 0 Å². The lowest BCUT2D eigenvalue weighted by atomic mass is 10.1. The van der Waals surface area contributed by atoms with Gasteiger partial charge in [0.1, 0.15) is 0 Å². The second-order valence-electron chi connectivity index (χ2n) is 6.88. The molecule has 2 aromatic heterocycles. The average Bonchev–Trinajstić information content (AvgIpc) is 2.93. The topological polar surface area (TPSA) is 56.0 Å². The standard InChI is InChI=1S/C17H23N5O/c1-12-8-19-21(10-12)11-14-4-3-7-22(14)17(23)15-9-18-20(2)16(15)13-5-6-13/h8-10,13-14H,3-7,11H2,1-2H3. The van der Waals surface area contributed by atoms with E-state index in [1.165, 1.54) is 12.8 Å². The first-order valence-electron chi connectivity index (χ1n) is 8.45. The van der Waals surface area contributed by atoms with Gasteiger partial charge in [-0.1, -0.05) is 0 Å². The number of rotatable bonds is 4. The Morgan fingerprint density at radius 1 is 1.26 bits per heavy atom. The zero-order valence-electron chi connectivity index (χ0n) is 13.8. The molecule has 2 aliphatic rings. The molecule has 6 heteroatoms. The van der Waals surface area contributed by atoms with Crippen molar-refractivity contribution >= 4 is 5.91 Å². The highest BCUT2D eigenvalue weighted by Gasteiger charge is 2.36. The molecule has 0 radical (unpaired) electrons. The summed E-state index contributed by atoms with van der Waals surface area (Å²) in [6.07, 6.45) is 10.1. The molecule has 1 amide bonds. The van der Waals surface area contributed by atoms with Crippen molar-refractivity contribution in [1.82, 2.24) is 24.5 Å². The van der Waals surface area contributed by atoms with E-state index in [9.17, 15) is 4.79 Å². The molecule has 1 saturated heterocycles. The van der Waals surface area contributed by atoms with Gasteiger partial charge in [-0.05, 0) is 38.2 Å². The number of aromatic nitrogens is 4. The summed E-state index contributed by atoms with van der Waals surface area (Å²) in [7, 11) is 1.94. The van der Waals surface area contributed by atoms with Gasteiger partial charge in [0.15, 0.2) is 0 Å². The van der Waals surface area contributed by atoms with E-state index in [1.54, 1.807) is 6.20 Å². The van der Waals surface area contributed by atoms with E-state index in [0.717, 1.165) is 42.8 Å². The predicted molar refractivity (Wildman–Crippen MR) is 86.2 cm³/mol. The Hall–Kier alpha value is -2.11. The lowest BCUT2D eigenvalue weighted by molar-refractivity contribution is 0.0720. The van der Waals surface area contributed by atoms with Crippen LogP contribution in [0, 0.1) is 6.92 Å². The average molecular weight is 313 g/mol. The van der Waals surface area contributed by atoms with Gasteiger partial charge >= 0.3 is 0 Å². The van der Waals surface area contributed by atoms with Gasteiger partial charge < -0.3 is 4.90 Å². The molecule has 0 aromatic carbocycles. The van der Waals surface area contributed by atoms with Crippen LogP contribution in [0.3, 0.4) is 0 Å². The van der Waals surface area contributed by atoms with Gasteiger partial charge in [-0.2, -0.15) is 10.2 Å². The van der Waals surface area contributed by atoms with Crippen LogP contribution in [0.2, 0.25) is 0 Å². The second kappa shape index (κ2) is 5.51. The van der Waals surface area contributed by atoms with Crippen LogP contribution in [0.1, 0.15) is 53.2 Å². The van der Waals surface area contributed by atoms with Gasteiger partial charge in [-0.15, -0.1) is 0 Å². The number of amides is 1. The minimum Gasteiger partial charge on any atom is -0.334 e. The summed E-state index contributed by atoms with van der Waals surface area (Å²) < 4.78 is 3.84. The van der Waals surface area contributed by atoms with Crippen LogP contribution in [0.5, 0.6) is 0 Å². The van der Waals surface area contributed by atoms with E-state index in [0.29, 0.717) is 5.92 Å². The van der Waals surface area contributed by atoms with E-state index in [-0.39, 0.29) is 11.9 Å². The molecule has 2 fully saturated rings. The maximum Gasteiger partial charge on any atom is 0.257 e. The monoisotopic (exact) mass is 313 g/mol. The number of aryl methyl sites for hydroxylation is 2. The molecular weight excluding hydrogens is 290 g/mol. The fourth-order valence-corrected chi connectivity index (χ4v) is 3.68. The van der Waals surface area contributed by atoms with Gasteiger partial charge in [0.25, 0.3) is 5.91 Å². The highest BCUT2D eigenvalue weighted by molar-refractivity contribution is 5.95. The summed E-state index contributed by atoms with van der Waals surface area (Å²) in [6.45, 7) is 3.65. The molecule has 6 nitrogen and oxygen atoms in total. The Balaban J connectivity index is 1.55. The molecule has 23 heavy (non-hydrogen) atoms. The van der Waals surface area contributed by atoms with Crippen LogP contribution < -0.4 is 0 Å². The summed E-state index contributed by atoms with van der Waals surface area (Å²) in [4.78, 5) is 15.1. The fraction of sp³-hybridized carbons (Fsp3) is 0.588. The molecule has 4 rings (SSSR count). The smallest absolute Gasteiger partial charge is 0.257 e. The van der Waals surface area contributed by atoms with Crippen molar-refractivity contribution in [3.8, 4) is 0 Å². The first-order chi connectivity index (χ1) is 11.1. The number of carbonyl (C=O) groups excluding carboxylic acids is 1. The third-order valence-electron chi connectivity index (χ3n) is 4.98. The van der Waals surface area contributed by atoms with Crippen molar-refractivity contribution in [2.45, 2.75) is 51.1 Å². The minimum atomic E-state index is 0.145. The third-order valence-corrected chi connectivity index (χ3v) is 4.98. The Kier molecular flexibility index (Phi) is 3.47. The number of carbonyl (C=O) groups is 1. The van der Waals surface area contributed by atoms with E-state index < -0.39 is 0 Å². The van der Waals surface area contributed by atoms with Crippen molar-refractivity contribution < 1.29 is 4.79 Å². The first-order valence-corrected chi connectivity index (χ1v) is 8.45. The molecule has 3 heterocycles. The molecular formula is C17H23N5O. The number of hydrogen-bond donors (Lipinski definition) is 0. The van der Waals surface area contributed by atoms with Gasteiger partial charge in [0.2, 0.25) is 0 Å². The van der Waals surface area contributed by atoms with E-state index >= 15 is 0 Å².